The maximum absolute atomic E-state index is 8.76. The zero-order chi connectivity index (χ0) is 6.91. The third kappa shape index (κ3) is 3.37. The average molecular weight is 187 g/mol. The molecule has 1 aliphatic rings. The third-order valence-electron chi connectivity index (χ3n) is 1.27. The van der Waals surface area contributed by atoms with Gasteiger partial charge in [-0.1, -0.05) is 0 Å². The summed E-state index contributed by atoms with van der Waals surface area (Å²) >= 11 is 3.82. The summed E-state index contributed by atoms with van der Waals surface area (Å²) in [7, 11) is 0. The minimum Gasteiger partial charge on any atom is -0.395 e. The predicted molar refractivity (Wildman–Crippen MR) is 50.8 cm³/mol. The van der Waals surface area contributed by atoms with Crippen LogP contribution in [-0.4, -0.2) is 56.4 Å². The van der Waals surface area contributed by atoms with Gasteiger partial charge in [-0.15, -0.1) is 23.5 Å². The molecule has 0 aromatic carbocycles. The van der Waals surface area contributed by atoms with Gasteiger partial charge in [-0.05, 0) is 13.8 Å². The number of aliphatic hydroxyl groups is 1. The molecule has 1 atom stereocenters. The molecule has 0 bridgehead atoms. The van der Waals surface area contributed by atoms with E-state index in [1.165, 1.54) is 0 Å². The zero-order valence-electron chi connectivity index (χ0n) is 6.76. The minimum atomic E-state index is 0. The SMILES string of the molecule is CC1(C)SCC(CO)S1.[Na]. The van der Waals surface area contributed by atoms with Crippen LogP contribution in [0.15, 0.2) is 0 Å². The van der Waals surface area contributed by atoms with Crippen LogP contribution in [-0.2, 0) is 0 Å². The van der Waals surface area contributed by atoms with Gasteiger partial charge in [0.1, 0.15) is 0 Å². The first-order chi connectivity index (χ1) is 4.14. The van der Waals surface area contributed by atoms with E-state index in [1.54, 1.807) is 0 Å². The maximum atomic E-state index is 8.76. The molecule has 55 valence electrons. The van der Waals surface area contributed by atoms with E-state index in [1.807, 2.05) is 23.5 Å². The monoisotopic (exact) mass is 187 g/mol. The van der Waals surface area contributed by atoms with E-state index in [9.17, 15) is 0 Å². The Balaban J connectivity index is 0.000000810. The van der Waals surface area contributed by atoms with Crippen LogP contribution < -0.4 is 0 Å². The standard InChI is InChI=1S/C6H12OS2.Na/c1-6(2)8-4-5(3-7)9-6;/h5,7H,3-4H2,1-2H3;. The molecule has 1 unspecified atom stereocenters. The molecule has 0 aromatic heterocycles. The number of hydrogen-bond acceptors (Lipinski definition) is 3. The van der Waals surface area contributed by atoms with Crippen molar-refractivity contribution in [1.82, 2.24) is 0 Å². The number of rotatable bonds is 1. The molecular formula is C6H12NaOS2. The van der Waals surface area contributed by atoms with Crippen molar-refractivity contribution < 1.29 is 5.11 Å². The Morgan fingerprint density at radius 3 is 2.40 bits per heavy atom. The van der Waals surface area contributed by atoms with Crippen LogP contribution in [0, 0.1) is 0 Å². The topological polar surface area (TPSA) is 20.2 Å². The fraction of sp³-hybridized carbons (Fsp3) is 1.00. The molecule has 1 rings (SSSR count). The molecule has 1 N–H and O–H groups in total. The summed E-state index contributed by atoms with van der Waals surface area (Å²) < 4.78 is 0.341. The van der Waals surface area contributed by atoms with Crippen molar-refractivity contribution in [2.24, 2.45) is 0 Å². The Morgan fingerprint density at radius 2 is 2.20 bits per heavy atom. The summed E-state index contributed by atoms with van der Waals surface area (Å²) in [5.74, 6) is 1.11. The van der Waals surface area contributed by atoms with Crippen molar-refractivity contribution in [3.05, 3.63) is 0 Å². The number of aliphatic hydroxyl groups excluding tert-OH is 1. The van der Waals surface area contributed by atoms with Crippen molar-refractivity contribution >= 4 is 53.1 Å². The number of thioether (sulfide) groups is 2. The summed E-state index contributed by atoms with van der Waals surface area (Å²) in [4.78, 5) is 0. The third-order valence-corrected chi connectivity index (χ3v) is 4.61. The van der Waals surface area contributed by atoms with E-state index < -0.39 is 0 Å². The number of hydrogen-bond donors (Lipinski definition) is 1. The molecule has 1 heterocycles. The summed E-state index contributed by atoms with van der Waals surface area (Å²) in [6.45, 7) is 4.75. The Hall–Kier alpha value is 1.66. The van der Waals surface area contributed by atoms with E-state index in [2.05, 4.69) is 13.8 Å². The molecule has 1 radical (unpaired) electrons. The van der Waals surface area contributed by atoms with E-state index in [4.69, 9.17) is 5.11 Å². The summed E-state index contributed by atoms with van der Waals surface area (Å²) in [6, 6.07) is 0. The van der Waals surface area contributed by atoms with Crippen LogP contribution >= 0.6 is 23.5 Å². The fourth-order valence-electron chi connectivity index (χ4n) is 0.853. The molecule has 0 aliphatic carbocycles. The van der Waals surface area contributed by atoms with Gasteiger partial charge < -0.3 is 5.11 Å². The molecule has 0 aromatic rings. The molecule has 1 nitrogen and oxygen atoms in total. The van der Waals surface area contributed by atoms with E-state index >= 15 is 0 Å². The molecule has 1 saturated heterocycles. The van der Waals surface area contributed by atoms with Crippen molar-refractivity contribution in [1.29, 1.82) is 0 Å². The van der Waals surface area contributed by atoms with Gasteiger partial charge in [0.05, 0.1) is 10.7 Å². The first kappa shape index (κ1) is 11.7. The van der Waals surface area contributed by atoms with Crippen LogP contribution in [0.4, 0.5) is 0 Å². The van der Waals surface area contributed by atoms with Gasteiger partial charge in [-0.2, -0.15) is 0 Å². The van der Waals surface area contributed by atoms with Crippen molar-refractivity contribution in [3.8, 4) is 0 Å². The van der Waals surface area contributed by atoms with E-state index in [0.29, 0.717) is 15.9 Å². The Bertz CT molecular complexity index is 108. The first-order valence-corrected chi connectivity index (χ1v) is 4.93. The van der Waals surface area contributed by atoms with Crippen LogP contribution in [0.1, 0.15) is 13.8 Å². The molecule has 0 amide bonds. The van der Waals surface area contributed by atoms with Gasteiger partial charge in [0.2, 0.25) is 0 Å². The smallest absolute Gasteiger partial charge is 0.0559 e. The van der Waals surface area contributed by atoms with Gasteiger partial charge in [0.25, 0.3) is 0 Å². The van der Waals surface area contributed by atoms with Crippen LogP contribution in [0.5, 0.6) is 0 Å². The van der Waals surface area contributed by atoms with Crippen molar-refractivity contribution in [2.75, 3.05) is 12.4 Å². The van der Waals surface area contributed by atoms with Crippen LogP contribution in [0.3, 0.4) is 0 Å². The second kappa shape index (κ2) is 4.63. The van der Waals surface area contributed by atoms with Gasteiger partial charge in [-0.25, -0.2) is 0 Å². The maximum Gasteiger partial charge on any atom is 0.0559 e. The Labute approximate surface area is 93.0 Å². The molecule has 0 saturated carbocycles. The molecule has 10 heavy (non-hydrogen) atoms. The minimum absolute atomic E-state index is 0. The molecular weight excluding hydrogens is 175 g/mol. The van der Waals surface area contributed by atoms with Crippen molar-refractivity contribution in [2.45, 2.75) is 23.2 Å². The quantitative estimate of drug-likeness (QED) is 0.623. The average Bonchev–Trinajstić information content (AvgIpc) is 2.10. The van der Waals surface area contributed by atoms with Crippen LogP contribution in [0.25, 0.3) is 0 Å². The summed E-state index contributed by atoms with van der Waals surface area (Å²) in [6.07, 6.45) is 0. The Kier molecular flexibility index (Phi) is 5.40. The summed E-state index contributed by atoms with van der Waals surface area (Å²) in [5.41, 5.74) is 0. The van der Waals surface area contributed by atoms with E-state index in [0.717, 1.165) is 5.75 Å². The molecule has 1 aliphatic heterocycles. The normalized spacial score (nSPS) is 29.7. The van der Waals surface area contributed by atoms with Gasteiger partial charge in [0, 0.05) is 40.6 Å². The second-order valence-electron chi connectivity index (χ2n) is 2.63. The Morgan fingerprint density at radius 1 is 1.60 bits per heavy atom. The van der Waals surface area contributed by atoms with E-state index in [-0.39, 0.29) is 29.6 Å². The largest absolute Gasteiger partial charge is 0.395 e. The zero-order valence-corrected chi connectivity index (χ0v) is 10.4. The first-order valence-electron chi connectivity index (χ1n) is 3.07. The fourth-order valence-corrected chi connectivity index (χ4v) is 3.78. The molecule has 1 fully saturated rings. The molecule has 4 heteroatoms. The van der Waals surface area contributed by atoms with Gasteiger partial charge in [-0.3, -0.25) is 0 Å². The molecule has 0 spiro atoms. The van der Waals surface area contributed by atoms with Gasteiger partial charge in [0.15, 0.2) is 0 Å². The van der Waals surface area contributed by atoms with Crippen LogP contribution in [0.2, 0.25) is 0 Å². The second-order valence-corrected chi connectivity index (χ2v) is 6.46. The van der Waals surface area contributed by atoms with Gasteiger partial charge >= 0.3 is 0 Å². The summed E-state index contributed by atoms with van der Waals surface area (Å²) in [5, 5.41) is 9.24. The van der Waals surface area contributed by atoms with Crippen molar-refractivity contribution in [3.63, 3.8) is 0 Å². The predicted octanol–water partition coefficient (Wildman–Crippen LogP) is 1.18.